The Morgan fingerprint density at radius 2 is 2.00 bits per heavy atom. The molecule has 1 saturated carbocycles. The second kappa shape index (κ2) is 6.94. The monoisotopic (exact) mass is 398 g/mol. The van der Waals surface area contributed by atoms with Crippen molar-refractivity contribution < 1.29 is 0 Å². The number of hydrogen-bond donors (Lipinski definition) is 0. The van der Waals surface area contributed by atoms with Crippen molar-refractivity contribution in [3.63, 3.8) is 0 Å². The Kier molecular flexibility index (Phi) is 4.35. The van der Waals surface area contributed by atoms with Gasteiger partial charge in [0.25, 0.3) is 0 Å². The minimum absolute atomic E-state index is 0.0999. The van der Waals surface area contributed by atoms with Gasteiger partial charge in [0.2, 0.25) is 0 Å². The highest BCUT2D eigenvalue weighted by molar-refractivity contribution is 5.80. The van der Waals surface area contributed by atoms with Gasteiger partial charge in [-0.3, -0.25) is 4.99 Å². The Balaban J connectivity index is 1.64. The maximum absolute atomic E-state index is 9.37. The molecule has 0 bridgehead atoms. The number of pyridine rings is 1. The van der Waals surface area contributed by atoms with Gasteiger partial charge in [-0.15, -0.1) is 0 Å². The number of fused-ring (bicyclic) bond motifs is 2. The molecule has 6 heteroatoms. The average molecular weight is 399 g/mol. The van der Waals surface area contributed by atoms with Crippen LogP contribution in [0.1, 0.15) is 41.9 Å². The third-order valence-electron chi connectivity index (χ3n) is 6.79. The van der Waals surface area contributed by atoms with E-state index in [0.717, 1.165) is 64.1 Å². The van der Waals surface area contributed by atoms with Crippen LogP contribution in [0.3, 0.4) is 0 Å². The molecular weight excluding hydrogens is 372 g/mol. The number of aryl methyl sites for hydroxylation is 2. The summed E-state index contributed by atoms with van der Waals surface area (Å²) in [6, 6.07) is 10.1. The summed E-state index contributed by atoms with van der Waals surface area (Å²) in [5.74, 6) is 3.63. The van der Waals surface area contributed by atoms with Crippen LogP contribution in [0.5, 0.6) is 0 Å². The van der Waals surface area contributed by atoms with Gasteiger partial charge in [-0.1, -0.05) is 12.1 Å². The van der Waals surface area contributed by atoms with E-state index in [1.807, 2.05) is 45.3 Å². The summed E-state index contributed by atoms with van der Waals surface area (Å²) in [7, 11) is 2.02. The molecule has 1 aromatic carbocycles. The maximum atomic E-state index is 9.37. The van der Waals surface area contributed by atoms with Gasteiger partial charge in [-0.05, 0) is 62.3 Å². The Bertz CT molecular complexity index is 1260. The second-order valence-electron chi connectivity index (χ2n) is 8.70. The fraction of sp³-hybridized carbons (Fsp3) is 0.417. The third-order valence-corrected chi connectivity index (χ3v) is 6.79. The van der Waals surface area contributed by atoms with Crippen LogP contribution in [0.25, 0.3) is 10.9 Å². The smallest absolute Gasteiger partial charge is 0.159 e. The lowest BCUT2D eigenvalue weighted by Gasteiger charge is -2.20. The lowest BCUT2D eigenvalue weighted by Crippen LogP contribution is -2.24. The van der Waals surface area contributed by atoms with Gasteiger partial charge in [0.1, 0.15) is 11.6 Å². The quantitative estimate of drug-likeness (QED) is 0.676. The predicted octanol–water partition coefficient (Wildman–Crippen LogP) is 3.57. The number of nitriles is 1. The highest BCUT2D eigenvalue weighted by Gasteiger charge is 2.45. The maximum Gasteiger partial charge on any atom is 0.159 e. The molecular formula is C24H26N6. The molecule has 1 aliphatic carbocycles. The molecule has 3 heterocycles. The van der Waals surface area contributed by atoms with Crippen LogP contribution in [0, 0.1) is 37.0 Å². The summed E-state index contributed by atoms with van der Waals surface area (Å²) in [6.07, 6.45) is 3.33. The molecule has 3 atom stereocenters. The van der Waals surface area contributed by atoms with Crippen molar-refractivity contribution in [2.24, 2.45) is 23.9 Å². The molecule has 2 fully saturated rings. The van der Waals surface area contributed by atoms with Crippen molar-refractivity contribution in [1.29, 1.82) is 5.26 Å². The van der Waals surface area contributed by atoms with Crippen molar-refractivity contribution in [2.75, 3.05) is 18.0 Å². The lowest BCUT2D eigenvalue weighted by molar-refractivity contribution is 0.753. The van der Waals surface area contributed by atoms with Gasteiger partial charge in [0, 0.05) is 25.5 Å². The van der Waals surface area contributed by atoms with Gasteiger partial charge in [0.15, 0.2) is 5.49 Å². The SMILES string of the molecule is Cc1c(C#N)cccc1[C@@H](C)N=c1nc(C)n(C)c2cnc(N3CC4CC4C3)cc12. The predicted molar refractivity (Wildman–Crippen MR) is 117 cm³/mol. The van der Waals surface area contributed by atoms with Crippen LogP contribution in [0.2, 0.25) is 0 Å². The Morgan fingerprint density at radius 1 is 1.23 bits per heavy atom. The molecule has 5 rings (SSSR count). The first-order valence-corrected chi connectivity index (χ1v) is 10.6. The van der Waals surface area contributed by atoms with E-state index in [4.69, 9.17) is 15.0 Å². The zero-order valence-electron chi connectivity index (χ0n) is 17.9. The largest absolute Gasteiger partial charge is 0.356 e. The van der Waals surface area contributed by atoms with Crippen molar-refractivity contribution >= 4 is 16.7 Å². The summed E-state index contributed by atoms with van der Waals surface area (Å²) in [5.41, 5.74) is 4.51. The van der Waals surface area contributed by atoms with E-state index >= 15 is 0 Å². The molecule has 0 spiro atoms. The van der Waals surface area contributed by atoms with E-state index in [1.54, 1.807) is 0 Å². The van der Waals surface area contributed by atoms with E-state index in [1.165, 1.54) is 6.42 Å². The average Bonchev–Trinajstić information content (AvgIpc) is 3.36. The van der Waals surface area contributed by atoms with Crippen LogP contribution in [0.15, 0.2) is 35.5 Å². The van der Waals surface area contributed by atoms with Crippen molar-refractivity contribution in [3.05, 3.63) is 58.5 Å². The summed E-state index contributed by atoms with van der Waals surface area (Å²) >= 11 is 0. The number of hydrogen-bond acceptors (Lipinski definition) is 5. The normalized spacial score (nSPS) is 21.6. The molecule has 6 nitrogen and oxygen atoms in total. The summed E-state index contributed by atoms with van der Waals surface area (Å²) in [6.45, 7) is 8.26. The van der Waals surface area contributed by atoms with E-state index in [2.05, 4.69) is 28.5 Å². The third kappa shape index (κ3) is 3.06. The molecule has 1 saturated heterocycles. The van der Waals surface area contributed by atoms with Crippen molar-refractivity contribution in [3.8, 4) is 6.07 Å². The molecule has 30 heavy (non-hydrogen) atoms. The zero-order chi connectivity index (χ0) is 21.0. The highest BCUT2D eigenvalue weighted by Crippen LogP contribution is 2.46. The highest BCUT2D eigenvalue weighted by atomic mass is 15.2. The first kappa shape index (κ1) is 18.8. The molecule has 0 N–H and O–H groups in total. The van der Waals surface area contributed by atoms with Gasteiger partial charge in [-0.25, -0.2) is 9.97 Å². The number of anilines is 1. The second-order valence-corrected chi connectivity index (χ2v) is 8.70. The van der Waals surface area contributed by atoms with Gasteiger partial charge < -0.3 is 9.47 Å². The number of benzene rings is 1. The molecule has 1 aliphatic heterocycles. The van der Waals surface area contributed by atoms with Crippen molar-refractivity contribution in [1.82, 2.24) is 14.5 Å². The first-order valence-electron chi connectivity index (χ1n) is 10.6. The summed E-state index contributed by atoms with van der Waals surface area (Å²) in [4.78, 5) is 17.0. The van der Waals surface area contributed by atoms with Crippen LogP contribution >= 0.6 is 0 Å². The molecule has 2 aromatic heterocycles. The van der Waals surface area contributed by atoms with Crippen LogP contribution in [-0.2, 0) is 7.05 Å². The van der Waals surface area contributed by atoms with Gasteiger partial charge >= 0.3 is 0 Å². The van der Waals surface area contributed by atoms with E-state index in [9.17, 15) is 5.26 Å². The minimum Gasteiger partial charge on any atom is -0.356 e. The van der Waals surface area contributed by atoms with Gasteiger partial charge in [-0.2, -0.15) is 5.26 Å². The van der Waals surface area contributed by atoms with Crippen molar-refractivity contribution in [2.45, 2.75) is 33.2 Å². The molecule has 0 radical (unpaired) electrons. The fourth-order valence-corrected chi connectivity index (χ4v) is 4.68. The zero-order valence-corrected chi connectivity index (χ0v) is 17.9. The van der Waals surface area contributed by atoms with E-state index in [0.29, 0.717) is 5.56 Å². The molecule has 2 aliphatic rings. The molecule has 2 unspecified atom stereocenters. The number of nitrogens with zero attached hydrogens (tertiary/aromatic N) is 6. The van der Waals surface area contributed by atoms with Crippen LogP contribution in [0.4, 0.5) is 5.82 Å². The standard InChI is InChI=1S/C24H26N6/c1-14-17(10-25)6-5-7-20(14)15(2)27-24-21-9-23(30-12-18-8-19(18)13-30)26-11-22(21)29(4)16(3)28-24/h5-7,9,11,15,18-19H,8,12-13H2,1-4H3/t15-,18?,19?/m1/s1. The van der Waals surface area contributed by atoms with Crippen LogP contribution in [-0.4, -0.2) is 27.6 Å². The summed E-state index contributed by atoms with van der Waals surface area (Å²) in [5, 5.41) is 10.4. The van der Waals surface area contributed by atoms with E-state index in [-0.39, 0.29) is 6.04 Å². The lowest BCUT2D eigenvalue weighted by atomic mass is 9.98. The topological polar surface area (TPSA) is 70.1 Å². The Hall–Kier alpha value is -3.20. The molecule has 3 aromatic rings. The number of piperidine rings is 1. The fourth-order valence-electron chi connectivity index (χ4n) is 4.68. The summed E-state index contributed by atoms with van der Waals surface area (Å²) < 4.78 is 2.07. The number of aromatic nitrogens is 3. The molecule has 152 valence electrons. The minimum atomic E-state index is -0.0999. The van der Waals surface area contributed by atoms with Crippen LogP contribution < -0.4 is 10.4 Å². The number of rotatable bonds is 3. The first-order chi connectivity index (χ1) is 14.5. The Morgan fingerprint density at radius 3 is 2.73 bits per heavy atom. The van der Waals surface area contributed by atoms with Gasteiger partial charge in [0.05, 0.1) is 29.4 Å². The Labute approximate surface area is 176 Å². The van der Waals surface area contributed by atoms with E-state index < -0.39 is 0 Å². The molecule has 0 amide bonds.